The Morgan fingerprint density at radius 3 is 2.75 bits per heavy atom. The lowest BCUT2D eigenvalue weighted by molar-refractivity contribution is 0.246. The van der Waals surface area contributed by atoms with Crippen molar-refractivity contribution in [3.8, 4) is 0 Å². The normalized spacial score (nSPS) is 22.6. The Kier molecular flexibility index (Phi) is 3.36. The molecule has 2 rings (SSSR count). The van der Waals surface area contributed by atoms with Crippen LogP contribution in [0.2, 0.25) is 0 Å². The van der Waals surface area contributed by atoms with E-state index in [1.54, 1.807) is 0 Å². The Hall–Kier alpha value is -0.800. The van der Waals surface area contributed by atoms with E-state index in [2.05, 4.69) is 36.6 Å². The van der Waals surface area contributed by atoms with Crippen molar-refractivity contribution in [1.29, 1.82) is 0 Å². The summed E-state index contributed by atoms with van der Waals surface area (Å²) >= 11 is 0. The van der Waals surface area contributed by atoms with Crippen LogP contribution in [0.4, 0.5) is 0 Å². The average Bonchev–Trinajstić information content (AvgIpc) is 2.56. The minimum absolute atomic E-state index is 0.155. The van der Waals surface area contributed by atoms with Gasteiger partial charge >= 0.3 is 0 Å². The molecule has 16 heavy (non-hydrogen) atoms. The van der Waals surface area contributed by atoms with Gasteiger partial charge in [-0.3, -0.25) is 0 Å². The molecule has 1 saturated heterocycles. The number of likely N-dealkylation sites (N-methyl/N-ethyl adjacent to an activating group) is 1. The van der Waals surface area contributed by atoms with E-state index in [-0.39, 0.29) is 6.61 Å². The van der Waals surface area contributed by atoms with Gasteiger partial charge in [0, 0.05) is 30.9 Å². The van der Waals surface area contributed by atoms with E-state index in [1.165, 1.54) is 30.8 Å². The molecule has 90 valence electrons. The summed E-state index contributed by atoms with van der Waals surface area (Å²) in [4.78, 5) is 2.40. The fourth-order valence-corrected chi connectivity index (χ4v) is 2.75. The van der Waals surface area contributed by atoms with Gasteiger partial charge in [-0.1, -0.05) is 0 Å². The van der Waals surface area contributed by atoms with Gasteiger partial charge in [-0.2, -0.15) is 0 Å². The predicted octanol–water partition coefficient (Wildman–Crippen LogP) is 1.64. The molecule has 1 aliphatic heterocycles. The summed E-state index contributed by atoms with van der Waals surface area (Å²) in [5, 5.41) is 9.28. The molecule has 1 unspecified atom stereocenters. The molecule has 1 aliphatic rings. The second kappa shape index (κ2) is 4.60. The quantitative estimate of drug-likeness (QED) is 0.824. The maximum Gasteiger partial charge on any atom is 0.0699 e. The highest BCUT2D eigenvalue weighted by Gasteiger charge is 2.22. The molecule has 1 atom stereocenters. The molecule has 0 bridgehead atoms. The first-order valence-electron chi connectivity index (χ1n) is 6.08. The average molecular weight is 222 g/mol. The van der Waals surface area contributed by atoms with Crippen molar-refractivity contribution < 1.29 is 5.11 Å². The highest BCUT2D eigenvalue weighted by molar-refractivity contribution is 5.29. The summed E-state index contributed by atoms with van der Waals surface area (Å²) < 4.78 is 2.25. The molecule has 0 aromatic carbocycles. The second-order valence-electron chi connectivity index (χ2n) is 5.00. The van der Waals surface area contributed by atoms with E-state index >= 15 is 0 Å². The molecule has 3 heteroatoms. The van der Waals surface area contributed by atoms with Crippen LogP contribution in [0.3, 0.4) is 0 Å². The first kappa shape index (κ1) is 11.7. The van der Waals surface area contributed by atoms with Gasteiger partial charge in [0.25, 0.3) is 0 Å². The molecule has 1 aromatic rings. The highest BCUT2D eigenvalue weighted by atomic mass is 16.3. The number of piperidine rings is 1. The van der Waals surface area contributed by atoms with Crippen LogP contribution in [0.5, 0.6) is 0 Å². The molecule has 0 spiro atoms. The van der Waals surface area contributed by atoms with Crippen LogP contribution in [0, 0.1) is 6.92 Å². The van der Waals surface area contributed by atoms with Crippen LogP contribution in [0.25, 0.3) is 0 Å². The van der Waals surface area contributed by atoms with Crippen molar-refractivity contribution in [3.05, 3.63) is 23.0 Å². The number of aliphatic hydroxyl groups excluding tert-OH is 1. The standard InChI is InChI=1S/C13H22N2O/c1-10-12(9-16)7-13(15(10)3)11-5-4-6-14(2)8-11/h7,11,16H,4-6,8-9H2,1-3H3. The minimum Gasteiger partial charge on any atom is -0.392 e. The topological polar surface area (TPSA) is 28.4 Å². The lowest BCUT2D eigenvalue weighted by atomic mass is 9.95. The molecule has 0 aliphatic carbocycles. The molecule has 2 heterocycles. The molecule has 1 N–H and O–H groups in total. The van der Waals surface area contributed by atoms with Crippen molar-refractivity contribution in [3.63, 3.8) is 0 Å². The Bertz CT molecular complexity index is 370. The number of likely N-dealkylation sites (tertiary alicyclic amines) is 1. The number of nitrogens with zero attached hydrogens (tertiary/aromatic N) is 2. The summed E-state index contributed by atoms with van der Waals surface area (Å²) in [5.41, 5.74) is 3.66. The van der Waals surface area contributed by atoms with Crippen molar-refractivity contribution in [2.24, 2.45) is 7.05 Å². The van der Waals surface area contributed by atoms with Gasteiger partial charge in [-0.25, -0.2) is 0 Å². The van der Waals surface area contributed by atoms with Crippen molar-refractivity contribution >= 4 is 0 Å². The van der Waals surface area contributed by atoms with Crippen LogP contribution >= 0.6 is 0 Å². The molecule has 0 saturated carbocycles. The number of aliphatic hydroxyl groups is 1. The van der Waals surface area contributed by atoms with Gasteiger partial charge in [0.2, 0.25) is 0 Å². The summed E-state index contributed by atoms with van der Waals surface area (Å²) in [7, 11) is 4.30. The summed E-state index contributed by atoms with van der Waals surface area (Å²) in [5.74, 6) is 0.628. The van der Waals surface area contributed by atoms with Gasteiger partial charge in [0.1, 0.15) is 0 Å². The Labute approximate surface area is 97.7 Å². The highest BCUT2D eigenvalue weighted by Crippen LogP contribution is 2.29. The zero-order valence-corrected chi connectivity index (χ0v) is 10.5. The largest absolute Gasteiger partial charge is 0.392 e. The third-order valence-electron chi connectivity index (χ3n) is 3.89. The minimum atomic E-state index is 0.155. The SMILES string of the molecule is Cc1c(CO)cc(C2CCCN(C)C2)n1C. The third-order valence-corrected chi connectivity index (χ3v) is 3.89. The van der Waals surface area contributed by atoms with E-state index in [9.17, 15) is 5.11 Å². The van der Waals surface area contributed by atoms with E-state index in [0.717, 1.165) is 12.1 Å². The van der Waals surface area contributed by atoms with Crippen LogP contribution < -0.4 is 0 Å². The zero-order chi connectivity index (χ0) is 11.7. The van der Waals surface area contributed by atoms with Crippen LogP contribution in [0.15, 0.2) is 6.07 Å². The number of hydrogen-bond donors (Lipinski definition) is 1. The monoisotopic (exact) mass is 222 g/mol. The summed E-state index contributed by atoms with van der Waals surface area (Å²) in [6.07, 6.45) is 2.55. The summed E-state index contributed by atoms with van der Waals surface area (Å²) in [6.45, 7) is 4.60. The van der Waals surface area contributed by atoms with Crippen molar-refractivity contribution in [2.75, 3.05) is 20.1 Å². The number of rotatable bonds is 2. The van der Waals surface area contributed by atoms with E-state index in [0.29, 0.717) is 5.92 Å². The smallest absolute Gasteiger partial charge is 0.0699 e. The first-order valence-corrected chi connectivity index (χ1v) is 6.08. The fourth-order valence-electron chi connectivity index (χ4n) is 2.75. The molecular weight excluding hydrogens is 200 g/mol. The predicted molar refractivity (Wildman–Crippen MR) is 65.5 cm³/mol. The van der Waals surface area contributed by atoms with Gasteiger partial charge in [0.15, 0.2) is 0 Å². The molecule has 0 amide bonds. The molecule has 0 radical (unpaired) electrons. The molecule has 1 fully saturated rings. The Morgan fingerprint density at radius 2 is 2.19 bits per heavy atom. The Morgan fingerprint density at radius 1 is 1.44 bits per heavy atom. The molecule has 3 nitrogen and oxygen atoms in total. The fraction of sp³-hybridized carbons (Fsp3) is 0.692. The zero-order valence-electron chi connectivity index (χ0n) is 10.5. The van der Waals surface area contributed by atoms with Crippen LogP contribution in [0.1, 0.15) is 35.7 Å². The lowest BCUT2D eigenvalue weighted by Gasteiger charge is -2.30. The maximum absolute atomic E-state index is 9.28. The van der Waals surface area contributed by atoms with Gasteiger partial charge in [0.05, 0.1) is 6.61 Å². The third kappa shape index (κ3) is 2.02. The van der Waals surface area contributed by atoms with E-state index < -0.39 is 0 Å². The van der Waals surface area contributed by atoms with Gasteiger partial charge in [-0.15, -0.1) is 0 Å². The number of hydrogen-bond acceptors (Lipinski definition) is 2. The van der Waals surface area contributed by atoms with Crippen molar-refractivity contribution in [1.82, 2.24) is 9.47 Å². The molecule has 1 aromatic heterocycles. The van der Waals surface area contributed by atoms with E-state index in [1.807, 2.05) is 0 Å². The lowest BCUT2D eigenvalue weighted by Crippen LogP contribution is -2.31. The number of aromatic nitrogens is 1. The van der Waals surface area contributed by atoms with Crippen LogP contribution in [-0.4, -0.2) is 34.7 Å². The maximum atomic E-state index is 9.28. The van der Waals surface area contributed by atoms with Crippen molar-refractivity contribution in [2.45, 2.75) is 32.3 Å². The van der Waals surface area contributed by atoms with Gasteiger partial charge in [-0.05, 0) is 45.0 Å². The van der Waals surface area contributed by atoms with E-state index in [4.69, 9.17) is 0 Å². The molecular formula is C13H22N2O. The Balaban J connectivity index is 2.25. The van der Waals surface area contributed by atoms with Crippen LogP contribution in [-0.2, 0) is 13.7 Å². The second-order valence-corrected chi connectivity index (χ2v) is 5.00. The first-order chi connectivity index (χ1) is 7.63. The van der Waals surface area contributed by atoms with Gasteiger partial charge < -0.3 is 14.6 Å². The summed E-state index contributed by atoms with van der Waals surface area (Å²) in [6, 6.07) is 2.18.